The maximum absolute atomic E-state index is 12.3. The smallest absolute Gasteiger partial charge is 0.271 e. The van der Waals surface area contributed by atoms with Crippen LogP contribution in [0.3, 0.4) is 0 Å². The fraction of sp³-hybridized carbons (Fsp3) is 0.444. The summed E-state index contributed by atoms with van der Waals surface area (Å²) in [6.07, 6.45) is -0.556. The van der Waals surface area contributed by atoms with Crippen LogP contribution in [-0.2, 0) is 0 Å². The zero-order valence-electron chi connectivity index (χ0n) is 14.2. The summed E-state index contributed by atoms with van der Waals surface area (Å²) in [5, 5.41) is 17.0. The molecule has 5 heteroatoms. The second kappa shape index (κ2) is 7.42. The van der Waals surface area contributed by atoms with Gasteiger partial charge in [-0.1, -0.05) is 45.9 Å². The molecule has 0 saturated heterocycles. The Morgan fingerprint density at radius 1 is 1.22 bits per heavy atom. The van der Waals surface area contributed by atoms with Crippen LogP contribution < -0.4 is 5.32 Å². The number of nitrogens with one attached hydrogen (secondary N) is 1. The predicted molar refractivity (Wildman–Crippen MR) is 90.8 cm³/mol. The maximum atomic E-state index is 12.3. The summed E-state index contributed by atoms with van der Waals surface area (Å²) in [7, 11) is 0. The summed E-state index contributed by atoms with van der Waals surface area (Å²) in [5.74, 6) is 0.0789. The Labute approximate surface area is 137 Å². The molecule has 0 aliphatic rings. The highest BCUT2D eigenvalue weighted by Gasteiger charge is 2.18. The molecule has 0 aliphatic carbocycles. The van der Waals surface area contributed by atoms with Crippen LogP contribution >= 0.6 is 0 Å². The Morgan fingerprint density at radius 2 is 1.87 bits per heavy atom. The van der Waals surface area contributed by atoms with Gasteiger partial charge in [-0.25, -0.2) is 4.68 Å². The Morgan fingerprint density at radius 3 is 2.43 bits per heavy atom. The molecule has 124 valence electrons. The zero-order chi connectivity index (χ0) is 17.0. The van der Waals surface area contributed by atoms with Crippen LogP contribution in [0, 0.1) is 5.92 Å². The van der Waals surface area contributed by atoms with E-state index in [0.717, 1.165) is 11.4 Å². The molecule has 1 unspecified atom stereocenters. The minimum absolute atomic E-state index is 0.100. The summed E-state index contributed by atoms with van der Waals surface area (Å²) in [4.78, 5) is 12.3. The quantitative estimate of drug-likeness (QED) is 0.861. The molecule has 1 aromatic heterocycles. The number of carbonyl (C=O) groups is 1. The molecular formula is C18H25N3O2. The molecule has 0 aliphatic heterocycles. The average Bonchev–Trinajstić information content (AvgIpc) is 2.98. The number of para-hydroxylation sites is 1. The van der Waals surface area contributed by atoms with Gasteiger partial charge in [-0.15, -0.1) is 0 Å². The second-order valence-corrected chi connectivity index (χ2v) is 6.38. The van der Waals surface area contributed by atoms with E-state index in [1.807, 2.05) is 50.2 Å². The lowest BCUT2D eigenvalue weighted by Gasteiger charge is -2.14. The van der Waals surface area contributed by atoms with Crippen LogP contribution in [0.15, 0.2) is 36.4 Å². The van der Waals surface area contributed by atoms with Crippen LogP contribution in [0.2, 0.25) is 0 Å². The van der Waals surface area contributed by atoms with Gasteiger partial charge in [0, 0.05) is 12.2 Å². The molecular weight excluding hydrogens is 290 g/mol. The standard InChI is InChI=1S/C18H25N3O2/c1-12(2)16-10-15(18(23)19-11-17(22)13(3)4)20-21(16)14-8-6-5-7-9-14/h5-10,12-13,17,22H,11H2,1-4H3,(H,19,23). The molecule has 23 heavy (non-hydrogen) atoms. The van der Waals surface area contributed by atoms with Crippen molar-refractivity contribution >= 4 is 5.91 Å². The van der Waals surface area contributed by atoms with E-state index in [1.165, 1.54) is 0 Å². The lowest BCUT2D eigenvalue weighted by molar-refractivity contribution is 0.0866. The molecule has 1 amide bonds. The lowest BCUT2D eigenvalue weighted by Crippen LogP contribution is -2.34. The molecule has 2 rings (SSSR count). The molecule has 2 N–H and O–H groups in total. The summed E-state index contributed by atoms with van der Waals surface area (Å²) < 4.78 is 1.80. The number of aromatic nitrogens is 2. The lowest BCUT2D eigenvalue weighted by atomic mass is 10.1. The summed E-state index contributed by atoms with van der Waals surface area (Å²) in [5.41, 5.74) is 2.27. The largest absolute Gasteiger partial charge is 0.391 e. The summed E-state index contributed by atoms with van der Waals surface area (Å²) in [6, 6.07) is 11.6. The van der Waals surface area contributed by atoms with Crippen molar-refractivity contribution in [1.29, 1.82) is 0 Å². The van der Waals surface area contributed by atoms with Gasteiger partial charge in [0.25, 0.3) is 5.91 Å². The van der Waals surface area contributed by atoms with Gasteiger partial charge in [0.2, 0.25) is 0 Å². The Balaban J connectivity index is 2.22. The normalized spacial score (nSPS) is 12.7. The third kappa shape index (κ3) is 4.20. The third-order valence-electron chi connectivity index (χ3n) is 3.80. The number of benzene rings is 1. The molecule has 0 fully saturated rings. The molecule has 1 atom stereocenters. The first-order chi connectivity index (χ1) is 10.9. The van der Waals surface area contributed by atoms with Crippen LogP contribution in [0.5, 0.6) is 0 Å². The molecule has 2 aromatic rings. The SMILES string of the molecule is CC(C)c1cc(C(=O)NCC(O)C(C)C)nn1-c1ccccc1. The van der Waals surface area contributed by atoms with Crippen LogP contribution in [0.1, 0.15) is 49.8 Å². The van der Waals surface area contributed by atoms with E-state index < -0.39 is 6.10 Å². The van der Waals surface area contributed by atoms with Gasteiger partial charge in [-0.2, -0.15) is 5.10 Å². The van der Waals surface area contributed by atoms with Crippen molar-refractivity contribution < 1.29 is 9.90 Å². The van der Waals surface area contributed by atoms with E-state index >= 15 is 0 Å². The van der Waals surface area contributed by atoms with Crippen molar-refractivity contribution in [2.45, 2.75) is 39.7 Å². The first-order valence-corrected chi connectivity index (χ1v) is 8.01. The number of aliphatic hydroxyl groups is 1. The topological polar surface area (TPSA) is 67.2 Å². The summed E-state index contributed by atoms with van der Waals surface area (Å²) >= 11 is 0. The highest BCUT2D eigenvalue weighted by molar-refractivity contribution is 5.92. The number of aliphatic hydroxyl groups excluding tert-OH is 1. The van der Waals surface area contributed by atoms with E-state index in [2.05, 4.69) is 24.3 Å². The third-order valence-corrected chi connectivity index (χ3v) is 3.80. The molecule has 1 heterocycles. The molecule has 1 aromatic carbocycles. The molecule has 0 spiro atoms. The van der Waals surface area contributed by atoms with E-state index in [9.17, 15) is 9.90 Å². The van der Waals surface area contributed by atoms with Crippen LogP contribution in [0.25, 0.3) is 5.69 Å². The minimum Gasteiger partial charge on any atom is -0.391 e. The van der Waals surface area contributed by atoms with Crippen LogP contribution in [-0.4, -0.2) is 33.4 Å². The van der Waals surface area contributed by atoms with E-state index in [4.69, 9.17) is 0 Å². The first-order valence-electron chi connectivity index (χ1n) is 8.01. The highest BCUT2D eigenvalue weighted by atomic mass is 16.3. The van der Waals surface area contributed by atoms with Gasteiger partial charge in [-0.3, -0.25) is 4.79 Å². The highest BCUT2D eigenvalue weighted by Crippen LogP contribution is 2.20. The predicted octanol–water partition coefficient (Wildman–Crippen LogP) is 2.74. The van der Waals surface area contributed by atoms with Gasteiger partial charge < -0.3 is 10.4 Å². The van der Waals surface area contributed by atoms with Gasteiger partial charge >= 0.3 is 0 Å². The zero-order valence-corrected chi connectivity index (χ0v) is 14.2. The Hall–Kier alpha value is -2.14. The second-order valence-electron chi connectivity index (χ2n) is 6.38. The van der Waals surface area contributed by atoms with Gasteiger partial charge in [-0.05, 0) is 30.0 Å². The fourth-order valence-corrected chi connectivity index (χ4v) is 2.22. The molecule has 0 radical (unpaired) electrons. The van der Waals surface area contributed by atoms with Gasteiger partial charge in [0.15, 0.2) is 5.69 Å². The number of amides is 1. The Kier molecular flexibility index (Phi) is 5.55. The number of hydrogen-bond donors (Lipinski definition) is 2. The van der Waals surface area contributed by atoms with E-state index in [0.29, 0.717) is 5.69 Å². The van der Waals surface area contributed by atoms with Crippen molar-refractivity contribution in [3.05, 3.63) is 47.8 Å². The van der Waals surface area contributed by atoms with E-state index in [-0.39, 0.29) is 24.3 Å². The van der Waals surface area contributed by atoms with Crippen LogP contribution in [0.4, 0.5) is 0 Å². The number of carbonyl (C=O) groups excluding carboxylic acids is 1. The molecule has 5 nitrogen and oxygen atoms in total. The maximum Gasteiger partial charge on any atom is 0.271 e. The van der Waals surface area contributed by atoms with Crippen molar-refractivity contribution in [3.63, 3.8) is 0 Å². The van der Waals surface area contributed by atoms with Crippen molar-refractivity contribution in [3.8, 4) is 5.69 Å². The molecule has 0 saturated carbocycles. The number of hydrogen-bond acceptors (Lipinski definition) is 3. The van der Waals surface area contributed by atoms with Crippen molar-refractivity contribution in [2.75, 3.05) is 6.54 Å². The van der Waals surface area contributed by atoms with Gasteiger partial charge in [0.05, 0.1) is 11.8 Å². The molecule has 0 bridgehead atoms. The van der Waals surface area contributed by atoms with Crippen molar-refractivity contribution in [1.82, 2.24) is 15.1 Å². The number of rotatable bonds is 6. The van der Waals surface area contributed by atoms with Gasteiger partial charge in [0.1, 0.15) is 0 Å². The van der Waals surface area contributed by atoms with E-state index in [1.54, 1.807) is 4.68 Å². The van der Waals surface area contributed by atoms with Crippen molar-refractivity contribution in [2.24, 2.45) is 5.92 Å². The number of nitrogens with zero attached hydrogens (tertiary/aromatic N) is 2. The first kappa shape index (κ1) is 17.2. The minimum atomic E-state index is -0.556. The fourth-order valence-electron chi connectivity index (χ4n) is 2.22. The Bertz CT molecular complexity index is 648. The average molecular weight is 315 g/mol. The monoisotopic (exact) mass is 315 g/mol. The summed E-state index contributed by atoms with van der Waals surface area (Å²) in [6.45, 7) is 8.20.